The number of rotatable bonds is 11. The van der Waals surface area contributed by atoms with Gasteiger partial charge in [-0.1, -0.05) is 59.9 Å². The fourth-order valence-corrected chi connectivity index (χ4v) is 6.77. The van der Waals surface area contributed by atoms with Crippen molar-refractivity contribution in [3.05, 3.63) is 137 Å². The maximum absolute atomic E-state index is 14.3. The van der Waals surface area contributed by atoms with Crippen LogP contribution in [0.4, 0.5) is 5.69 Å². The lowest BCUT2D eigenvalue weighted by Crippen LogP contribution is -2.40. The monoisotopic (exact) mass is 679 g/mol. The van der Waals surface area contributed by atoms with E-state index in [1.54, 1.807) is 56.3 Å². The average Bonchev–Trinajstić information content (AvgIpc) is 3.69. The van der Waals surface area contributed by atoms with Gasteiger partial charge in [0.25, 0.3) is 11.2 Å². The van der Waals surface area contributed by atoms with Crippen molar-refractivity contribution >= 4 is 34.8 Å². The molecule has 0 bridgehead atoms. The highest BCUT2D eigenvalue weighted by atomic mass is 32.1. The van der Waals surface area contributed by atoms with Crippen LogP contribution in [-0.2, 0) is 9.53 Å². The summed E-state index contributed by atoms with van der Waals surface area (Å²) in [5.41, 5.74) is 2.53. The fourth-order valence-electron chi connectivity index (χ4n) is 5.79. The zero-order valence-corrected chi connectivity index (χ0v) is 28.1. The summed E-state index contributed by atoms with van der Waals surface area (Å²) in [4.78, 5) is 44.5. The van der Waals surface area contributed by atoms with Crippen LogP contribution in [0.5, 0.6) is 11.5 Å². The Labute approximate surface area is 285 Å². The quantitative estimate of drug-likeness (QED) is 0.0914. The highest BCUT2D eigenvalue weighted by Gasteiger charge is 2.35. The van der Waals surface area contributed by atoms with Crippen molar-refractivity contribution in [2.24, 2.45) is 4.99 Å². The molecule has 1 aliphatic heterocycles. The summed E-state index contributed by atoms with van der Waals surface area (Å²) in [6.07, 6.45) is 1.61. The van der Waals surface area contributed by atoms with Gasteiger partial charge in [-0.3, -0.25) is 19.5 Å². The number of furan rings is 1. The van der Waals surface area contributed by atoms with E-state index in [0.717, 1.165) is 11.3 Å². The minimum atomic E-state index is -0.915. The van der Waals surface area contributed by atoms with Crippen LogP contribution in [-0.4, -0.2) is 35.3 Å². The molecule has 0 fully saturated rings. The van der Waals surface area contributed by atoms with E-state index in [1.165, 1.54) is 10.6 Å². The predicted octanol–water partition coefficient (Wildman–Crippen LogP) is 6.21. The summed E-state index contributed by atoms with van der Waals surface area (Å²) in [5.74, 6) is 1.21. The van der Waals surface area contributed by atoms with E-state index in [1.807, 2.05) is 50.2 Å². The Morgan fingerprint density at radius 1 is 0.980 bits per heavy atom. The minimum Gasteiger partial charge on any atom is -0.490 e. The van der Waals surface area contributed by atoms with E-state index >= 15 is 0 Å². The molecule has 0 saturated heterocycles. The Kier molecular flexibility index (Phi) is 9.58. The number of hydrogen-bond acceptors (Lipinski definition) is 10. The van der Waals surface area contributed by atoms with Crippen molar-refractivity contribution in [3.63, 3.8) is 0 Å². The third-order valence-electron chi connectivity index (χ3n) is 7.92. The molecule has 3 aromatic carbocycles. The number of esters is 1. The first kappa shape index (κ1) is 33.2. The number of aromatic nitrogens is 1. The van der Waals surface area contributed by atoms with Crippen LogP contribution in [0.15, 0.2) is 98.6 Å². The Balaban J connectivity index is 1.56. The maximum atomic E-state index is 14.3. The molecule has 49 heavy (non-hydrogen) atoms. The molecule has 0 unspecified atom stereocenters. The molecule has 6 rings (SSSR count). The number of benzene rings is 3. The second-order valence-electron chi connectivity index (χ2n) is 10.9. The van der Waals surface area contributed by atoms with E-state index in [4.69, 9.17) is 23.6 Å². The lowest BCUT2D eigenvalue weighted by atomic mass is 9.93. The number of nitro groups is 1. The van der Waals surface area contributed by atoms with Crippen LogP contribution in [0.3, 0.4) is 0 Å². The summed E-state index contributed by atoms with van der Waals surface area (Å²) >= 11 is 1.16. The predicted molar refractivity (Wildman–Crippen MR) is 185 cm³/mol. The zero-order chi connectivity index (χ0) is 34.7. The second kappa shape index (κ2) is 14.2. The van der Waals surface area contributed by atoms with Gasteiger partial charge in [-0.05, 0) is 57.5 Å². The smallest absolute Gasteiger partial charge is 0.338 e. The summed E-state index contributed by atoms with van der Waals surface area (Å²) in [6.45, 7) is 8.06. The molecule has 1 aliphatic rings. The minimum absolute atomic E-state index is 0.0165. The molecule has 12 heteroatoms. The van der Waals surface area contributed by atoms with Crippen molar-refractivity contribution in [2.45, 2.75) is 33.7 Å². The molecule has 0 saturated carbocycles. The number of carbonyl (C=O) groups excluding carboxylic acids is 1. The first-order chi connectivity index (χ1) is 23.7. The van der Waals surface area contributed by atoms with Gasteiger partial charge in [0.1, 0.15) is 11.5 Å². The average molecular weight is 680 g/mol. The van der Waals surface area contributed by atoms with Gasteiger partial charge in [0.15, 0.2) is 16.3 Å². The highest BCUT2D eigenvalue weighted by Crippen LogP contribution is 2.39. The standard InChI is InChI=1S/C37H33N3O8S/c1-5-45-29-18-16-24(20-30(29)46-6-2)34-32(36(42)47-7-3)33(23-12-9-8-10-13-23)38-37-39(34)35(41)31(49-37)21-25-17-19-28(48-25)26-14-11-15-27(22(26)4)40(43)44/h8-21,34H,5-7H2,1-4H3/b31-21+/t34-/m1/s1. The Bertz CT molecular complexity index is 2270. The van der Waals surface area contributed by atoms with Crippen molar-refractivity contribution in [2.75, 3.05) is 19.8 Å². The molecule has 0 aliphatic carbocycles. The van der Waals surface area contributed by atoms with Gasteiger partial charge >= 0.3 is 5.97 Å². The normalized spacial score (nSPS) is 14.3. The molecule has 0 amide bonds. The van der Waals surface area contributed by atoms with E-state index in [2.05, 4.69) is 0 Å². The van der Waals surface area contributed by atoms with Crippen LogP contribution >= 0.6 is 11.3 Å². The van der Waals surface area contributed by atoms with Crippen molar-refractivity contribution in [3.8, 4) is 22.8 Å². The van der Waals surface area contributed by atoms with Crippen molar-refractivity contribution in [1.82, 2.24) is 4.57 Å². The van der Waals surface area contributed by atoms with Gasteiger partial charge in [-0.25, -0.2) is 9.79 Å². The summed E-state index contributed by atoms with van der Waals surface area (Å²) in [6, 6.07) is 21.9. The molecule has 0 radical (unpaired) electrons. The topological polar surface area (TPSA) is 135 Å². The lowest BCUT2D eigenvalue weighted by molar-refractivity contribution is -0.385. The van der Waals surface area contributed by atoms with Gasteiger partial charge in [0.05, 0.1) is 46.6 Å². The molecule has 11 nitrogen and oxygen atoms in total. The number of nitro benzene ring substituents is 1. The molecular weight excluding hydrogens is 646 g/mol. The van der Waals surface area contributed by atoms with Gasteiger partial charge in [-0.2, -0.15) is 0 Å². The number of carbonyl (C=O) groups is 1. The SMILES string of the molecule is CCOC(=O)C1=C(c2ccccc2)N=c2s/c(=C/c3ccc(-c4cccc([N+](=O)[O-])c4C)o3)c(=O)n2[C@@H]1c1ccc(OCC)c(OCC)c1. The number of hydrogen-bond donors (Lipinski definition) is 0. The van der Waals surface area contributed by atoms with Gasteiger partial charge in [0.2, 0.25) is 0 Å². The number of thiazole rings is 1. The molecule has 0 spiro atoms. The van der Waals surface area contributed by atoms with Crippen LogP contribution in [0.25, 0.3) is 23.1 Å². The third kappa shape index (κ3) is 6.42. The Morgan fingerprint density at radius 3 is 2.45 bits per heavy atom. The van der Waals surface area contributed by atoms with Crippen LogP contribution in [0.2, 0.25) is 0 Å². The van der Waals surface area contributed by atoms with Gasteiger partial charge in [0, 0.05) is 28.8 Å². The summed E-state index contributed by atoms with van der Waals surface area (Å²) in [7, 11) is 0. The first-order valence-corrected chi connectivity index (χ1v) is 16.6. The largest absolute Gasteiger partial charge is 0.490 e. The Morgan fingerprint density at radius 2 is 1.73 bits per heavy atom. The highest BCUT2D eigenvalue weighted by molar-refractivity contribution is 7.07. The van der Waals surface area contributed by atoms with Crippen LogP contribution < -0.4 is 24.4 Å². The third-order valence-corrected chi connectivity index (χ3v) is 8.91. The summed E-state index contributed by atoms with van der Waals surface area (Å²) < 4.78 is 25.2. The van der Waals surface area contributed by atoms with E-state index in [9.17, 15) is 19.7 Å². The molecular formula is C37H33N3O8S. The Hall–Kier alpha value is -5.75. The van der Waals surface area contributed by atoms with Crippen LogP contribution in [0, 0.1) is 17.0 Å². The summed E-state index contributed by atoms with van der Waals surface area (Å²) in [5, 5.41) is 11.5. The van der Waals surface area contributed by atoms with Gasteiger partial charge < -0.3 is 18.6 Å². The number of ether oxygens (including phenoxy) is 3. The lowest BCUT2D eigenvalue weighted by Gasteiger charge is -2.26. The first-order valence-electron chi connectivity index (χ1n) is 15.8. The molecule has 3 heterocycles. The molecule has 5 aromatic rings. The fraction of sp³-hybridized carbons (Fsp3) is 0.216. The van der Waals surface area contributed by atoms with Crippen molar-refractivity contribution in [1.29, 1.82) is 0 Å². The van der Waals surface area contributed by atoms with E-state index < -0.39 is 16.9 Å². The molecule has 2 aromatic heterocycles. The van der Waals surface area contributed by atoms with Crippen molar-refractivity contribution < 1.29 is 28.3 Å². The molecule has 250 valence electrons. The van der Waals surface area contributed by atoms with Gasteiger partial charge in [-0.15, -0.1) is 0 Å². The van der Waals surface area contributed by atoms with E-state index in [0.29, 0.717) is 73.5 Å². The number of fused-ring (bicyclic) bond motifs is 1. The molecule has 1 atom stereocenters. The molecule has 0 N–H and O–H groups in total. The number of nitrogens with zero attached hydrogens (tertiary/aromatic N) is 3. The second-order valence-corrected chi connectivity index (χ2v) is 11.9. The van der Waals surface area contributed by atoms with E-state index in [-0.39, 0.29) is 23.4 Å². The zero-order valence-electron chi connectivity index (χ0n) is 27.3. The van der Waals surface area contributed by atoms with Crippen LogP contribution in [0.1, 0.15) is 49.3 Å². The maximum Gasteiger partial charge on any atom is 0.338 e.